The van der Waals surface area contributed by atoms with Gasteiger partial charge in [-0.3, -0.25) is 5.32 Å². The van der Waals surface area contributed by atoms with Crippen molar-refractivity contribution in [3.8, 4) is 0 Å². The number of fused-ring (bicyclic) bond motifs is 1. The van der Waals surface area contributed by atoms with Crippen molar-refractivity contribution in [2.45, 2.75) is 38.2 Å². The van der Waals surface area contributed by atoms with E-state index in [0.717, 1.165) is 0 Å². The summed E-state index contributed by atoms with van der Waals surface area (Å²) in [7, 11) is -3.77. The number of carbonyl (C=O) groups excluding carboxylic acids is 1. The first-order chi connectivity index (χ1) is 12.6. The van der Waals surface area contributed by atoms with Gasteiger partial charge in [0, 0.05) is 11.1 Å². The number of amides is 1. The van der Waals surface area contributed by atoms with Gasteiger partial charge in [0.15, 0.2) is 5.65 Å². The number of hydrogen-bond acceptors (Lipinski definition) is 5. The lowest BCUT2D eigenvalue weighted by Crippen LogP contribution is -2.27. The molecule has 0 radical (unpaired) electrons. The van der Waals surface area contributed by atoms with Crippen LogP contribution in [0.1, 0.15) is 26.5 Å². The Morgan fingerprint density at radius 3 is 2.44 bits per heavy atom. The van der Waals surface area contributed by atoms with E-state index in [9.17, 15) is 13.2 Å². The monoisotopic (exact) mass is 387 g/mol. The van der Waals surface area contributed by atoms with Gasteiger partial charge in [0.05, 0.1) is 16.8 Å². The van der Waals surface area contributed by atoms with Crippen LogP contribution in [-0.4, -0.2) is 29.1 Å². The summed E-state index contributed by atoms with van der Waals surface area (Å²) >= 11 is 0. The Labute approximate surface area is 158 Å². The summed E-state index contributed by atoms with van der Waals surface area (Å²) < 4.78 is 32.4. The fourth-order valence-corrected chi connectivity index (χ4v) is 4.22. The van der Waals surface area contributed by atoms with E-state index in [-0.39, 0.29) is 4.90 Å². The van der Waals surface area contributed by atoms with E-state index in [1.807, 2.05) is 0 Å². The van der Waals surface area contributed by atoms with Crippen LogP contribution in [0.25, 0.3) is 11.0 Å². The number of ether oxygens (including phenoxy) is 1. The van der Waals surface area contributed by atoms with Crippen molar-refractivity contribution in [3.63, 3.8) is 0 Å². The molecular weight excluding hydrogens is 366 g/mol. The van der Waals surface area contributed by atoms with E-state index in [4.69, 9.17) is 4.74 Å². The van der Waals surface area contributed by atoms with Crippen molar-refractivity contribution in [2.75, 3.05) is 5.32 Å². The third-order valence-electron chi connectivity index (χ3n) is 3.70. The van der Waals surface area contributed by atoms with Crippen LogP contribution in [-0.2, 0) is 14.8 Å². The van der Waals surface area contributed by atoms with Crippen LogP contribution in [0.2, 0.25) is 0 Å². The number of aromatic nitrogens is 2. The molecule has 2 aromatic heterocycles. The number of hydrogen-bond donors (Lipinski definition) is 1. The Balaban J connectivity index is 1.99. The van der Waals surface area contributed by atoms with Gasteiger partial charge in [-0.15, -0.1) is 0 Å². The molecule has 0 atom stereocenters. The molecule has 1 aromatic carbocycles. The molecule has 0 aliphatic heterocycles. The maximum absolute atomic E-state index is 13.0. The van der Waals surface area contributed by atoms with Crippen LogP contribution in [0.5, 0.6) is 0 Å². The standard InChI is InChI=1S/C19H21N3O4S/c1-13-10-14-11-15(21-18(23)26-19(2,3)4)12-20-17(14)22(13)27(24,25)16-8-6-5-7-9-16/h5-12H,1-4H3,(H,21,23). The first-order valence-electron chi connectivity index (χ1n) is 8.37. The van der Waals surface area contributed by atoms with Crippen molar-refractivity contribution >= 4 is 32.8 Å². The minimum absolute atomic E-state index is 0.184. The summed E-state index contributed by atoms with van der Waals surface area (Å²) in [4.78, 5) is 16.4. The molecule has 0 fully saturated rings. The van der Waals surface area contributed by atoms with E-state index in [1.54, 1.807) is 70.2 Å². The summed E-state index contributed by atoms with van der Waals surface area (Å²) in [6.07, 6.45) is 0.805. The summed E-state index contributed by atoms with van der Waals surface area (Å²) in [5.41, 5.74) is 0.624. The summed E-state index contributed by atoms with van der Waals surface area (Å²) in [6.45, 7) is 7.01. The molecule has 7 nitrogen and oxygen atoms in total. The van der Waals surface area contributed by atoms with Gasteiger partial charge in [-0.1, -0.05) is 18.2 Å². The predicted octanol–water partition coefficient (Wildman–Crippen LogP) is 3.93. The summed E-state index contributed by atoms with van der Waals surface area (Å²) in [5, 5.41) is 3.21. The Hall–Kier alpha value is -2.87. The molecule has 27 heavy (non-hydrogen) atoms. The molecule has 0 saturated heterocycles. The molecular formula is C19H21N3O4S. The number of pyridine rings is 1. The average Bonchev–Trinajstić information content (AvgIpc) is 2.89. The van der Waals surface area contributed by atoms with Crippen molar-refractivity contribution in [2.24, 2.45) is 0 Å². The van der Waals surface area contributed by atoms with Gasteiger partial charge in [-0.05, 0) is 52.0 Å². The Kier molecular flexibility index (Phi) is 4.69. The highest BCUT2D eigenvalue weighted by atomic mass is 32.2. The van der Waals surface area contributed by atoms with Crippen LogP contribution < -0.4 is 5.32 Å². The molecule has 0 aliphatic carbocycles. The summed E-state index contributed by atoms with van der Waals surface area (Å²) in [6, 6.07) is 11.6. The lowest BCUT2D eigenvalue weighted by Gasteiger charge is -2.19. The maximum Gasteiger partial charge on any atom is 0.412 e. The molecule has 0 spiro atoms. The van der Waals surface area contributed by atoms with E-state index < -0.39 is 21.7 Å². The number of benzene rings is 1. The molecule has 1 amide bonds. The zero-order valence-electron chi connectivity index (χ0n) is 15.6. The maximum atomic E-state index is 13.0. The molecule has 3 rings (SSSR count). The Bertz CT molecular complexity index is 1100. The Morgan fingerprint density at radius 1 is 1.15 bits per heavy atom. The fourth-order valence-electron chi connectivity index (χ4n) is 2.69. The average molecular weight is 387 g/mol. The van der Waals surface area contributed by atoms with E-state index in [2.05, 4.69) is 10.3 Å². The lowest BCUT2D eigenvalue weighted by atomic mass is 10.2. The van der Waals surface area contributed by atoms with Crippen molar-refractivity contribution in [1.29, 1.82) is 0 Å². The third kappa shape index (κ3) is 3.95. The third-order valence-corrected chi connectivity index (χ3v) is 5.51. The quantitative estimate of drug-likeness (QED) is 0.735. The second-order valence-electron chi connectivity index (χ2n) is 7.13. The number of aryl methyl sites for hydroxylation is 1. The second-order valence-corrected chi connectivity index (χ2v) is 8.92. The molecule has 1 N–H and O–H groups in total. The first-order valence-corrected chi connectivity index (χ1v) is 9.81. The van der Waals surface area contributed by atoms with Crippen LogP contribution in [0.3, 0.4) is 0 Å². The smallest absolute Gasteiger partial charge is 0.412 e. The minimum atomic E-state index is -3.77. The number of nitrogens with zero attached hydrogens (tertiary/aromatic N) is 2. The van der Waals surface area contributed by atoms with Crippen molar-refractivity contribution in [3.05, 3.63) is 54.4 Å². The van der Waals surface area contributed by atoms with Crippen molar-refractivity contribution < 1.29 is 17.9 Å². The number of anilines is 1. The molecule has 2 heterocycles. The van der Waals surface area contributed by atoms with Gasteiger partial charge in [0.2, 0.25) is 0 Å². The van der Waals surface area contributed by atoms with Crippen LogP contribution in [0.4, 0.5) is 10.5 Å². The SMILES string of the molecule is Cc1cc2cc(NC(=O)OC(C)(C)C)cnc2n1S(=O)(=O)c1ccccc1. The molecule has 0 bridgehead atoms. The van der Waals surface area contributed by atoms with E-state index in [1.165, 1.54) is 10.2 Å². The normalized spacial score (nSPS) is 12.1. The van der Waals surface area contributed by atoms with Gasteiger partial charge < -0.3 is 4.74 Å². The molecule has 0 aliphatic rings. The van der Waals surface area contributed by atoms with Gasteiger partial charge in [-0.25, -0.2) is 22.2 Å². The highest BCUT2D eigenvalue weighted by molar-refractivity contribution is 7.90. The number of carbonyl (C=O) groups is 1. The first kappa shape index (κ1) is 18.9. The van der Waals surface area contributed by atoms with Gasteiger partial charge in [0.25, 0.3) is 10.0 Å². The summed E-state index contributed by atoms with van der Waals surface area (Å²) in [5.74, 6) is 0. The van der Waals surface area contributed by atoms with Crippen LogP contribution in [0, 0.1) is 6.92 Å². The second kappa shape index (κ2) is 6.70. The lowest BCUT2D eigenvalue weighted by molar-refractivity contribution is 0.0636. The molecule has 142 valence electrons. The van der Waals surface area contributed by atoms with Crippen molar-refractivity contribution in [1.82, 2.24) is 8.96 Å². The Morgan fingerprint density at radius 2 is 1.81 bits per heavy atom. The van der Waals surface area contributed by atoms with Gasteiger partial charge in [0.1, 0.15) is 5.60 Å². The topological polar surface area (TPSA) is 90.3 Å². The largest absolute Gasteiger partial charge is 0.444 e. The predicted molar refractivity (Wildman–Crippen MR) is 103 cm³/mol. The highest BCUT2D eigenvalue weighted by Crippen LogP contribution is 2.26. The zero-order chi connectivity index (χ0) is 19.8. The highest BCUT2D eigenvalue weighted by Gasteiger charge is 2.22. The molecule has 0 unspecified atom stereocenters. The minimum Gasteiger partial charge on any atom is -0.444 e. The fraction of sp³-hybridized carbons (Fsp3) is 0.263. The van der Waals surface area contributed by atoms with Gasteiger partial charge >= 0.3 is 6.09 Å². The van der Waals surface area contributed by atoms with E-state index in [0.29, 0.717) is 22.4 Å². The zero-order valence-corrected chi connectivity index (χ0v) is 16.4. The van der Waals surface area contributed by atoms with Gasteiger partial charge in [-0.2, -0.15) is 0 Å². The molecule has 3 aromatic rings. The molecule has 8 heteroatoms. The van der Waals surface area contributed by atoms with Crippen LogP contribution in [0.15, 0.2) is 53.6 Å². The number of nitrogens with one attached hydrogen (secondary N) is 1. The number of rotatable bonds is 3. The molecule has 0 saturated carbocycles. The van der Waals surface area contributed by atoms with E-state index >= 15 is 0 Å². The van der Waals surface area contributed by atoms with Crippen LogP contribution >= 0.6 is 0 Å².